The normalized spacial score (nSPS) is 17.0. The molecule has 1 fully saturated rings. The Labute approximate surface area is 149 Å². The van der Waals surface area contributed by atoms with Crippen LogP contribution in [0, 0.1) is 5.82 Å². The monoisotopic (exact) mass is 343 g/mol. The van der Waals surface area contributed by atoms with Gasteiger partial charge < -0.3 is 14.7 Å². The number of hydrogen-bond donors (Lipinski definition) is 1. The Morgan fingerprint density at radius 1 is 0.880 bits per heavy atom. The lowest BCUT2D eigenvalue weighted by molar-refractivity contribution is 0.0694. The van der Waals surface area contributed by atoms with Crippen molar-refractivity contribution in [3.8, 4) is 16.9 Å². The molecule has 0 bridgehead atoms. The Hall–Kier alpha value is -1.91. The zero-order chi connectivity index (χ0) is 17.5. The number of aliphatic hydroxyl groups is 1. The first-order valence-electron chi connectivity index (χ1n) is 9.10. The number of rotatable bonds is 6. The van der Waals surface area contributed by atoms with Crippen LogP contribution in [0.5, 0.6) is 5.75 Å². The number of nitrogens with zero attached hydrogens (tertiary/aromatic N) is 1. The van der Waals surface area contributed by atoms with E-state index in [9.17, 15) is 9.50 Å². The minimum Gasteiger partial charge on any atom is -0.491 e. The second-order valence-corrected chi connectivity index (χ2v) is 6.71. The van der Waals surface area contributed by atoms with Crippen LogP contribution < -0.4 is 4.74 Å². The molecule has 0 spiro atoms. The van der Waals surface area contributed by atoms with Crippen molar-refractivity contribution in [1.82, 2.24) is 4.90 Å². The molecular weight excluding hydrogens is 317 g/mol. The number of ether oxygens (including phenoxy) is 1. The first-order valence-corrected chi connectivity index (χ1v) is 9.10. The van der Waals surface area contributed by atoms with E-state index in [0.29, 0.717) is 13.2 Å². The van der Waals surface area contributed by atoms with Crippen molar-refractivity contribution in [2.45, 2.75) is 31.8 Å². The van der Waals surface area contributed by atoms with Crippen LogP contribution in [0.25, 0.3) is 11.1 Å². The highest BCUT2D eigenvalue weighted by atomic mass is 19.1. The molecule has 25 heavy (non-hydrogen) atoms. The van der Waals surface area contributed by atoms with Crippen molar-refractivity contribution in [1.29, 1.82) is 0 Å². The van der Waals surface area contributed by atoms with Crippen LogP contribution in [-0.2, 0) is 0 Å². The van der Waals surface area contributed by atoms with Gasteiger partial charge >= 0.3 is 0 Å². The molecule has 1 aliphatic rings. The van der Waals surface area contributed by atoms with Gasteiger partial charge in [0, 0.05) is 6.54 Å². The summed E-state index contributed by atoms with van der Waals surface area (Å²) in [4.78, 5) is 2.33. The van der Waals surface area contributed by atoms with Crippen molar-refractivity contribution >= 4 is 0 Å². The number of aliphatic hydroxyl groups excluding tert-OH is 1. The summed E-state index contributed by atoms with van der Waals surface area (Å²) in [7, 11) is 0. The molecule has 1 saturated heterocycles. The van der Waals surface area contributed by atoms with Gasteiger partial charge in [0.2, 0.25) is 0 Å². The van der Waals surface area contributed by atoms with Crippen LogP contribution in [0.4, 0.5) is 4.39 Å². The molecule has 134 valence electrons. The highest BCUT2D eigenvalue weighted by Gasteiger charge is 2.14. The minimum atomic E-state index is -0.477. The third-order valence-electron chi connectivity index (χ3n) is 4.64. The van der Waals surface area contributed by atoms with Crippen LogP contribution in [-0.4, -0.2) is 42.4 Å². The molecule has 1 N–H and O–H groups in total. The van der Waals surface area contributed by atoms with Gasteiger partial charge in [0.1, 0.15) is 24.3 Å². The fraction of sp³-hybridized carbons (Fsp3) is 0.429. The first-order chi connectivity index (χ1) is 12.2. The number of halogens is 1. The van der Waals surface area contributed by atoms with Crippen molar-refractivity contribution in [3.05, 3.63) is 54.3 Å². The molecule has 2 aromatic carbocycles. The zero-order valence-corrected chi connectivity index (χ0v) is 14.5. The Bertz CT molecular complexity index is 634. The summed E-state index contributed by atoms with van der Waals surface area (Å²) in [5.41, 5.74) is 1.98. The van der Waals surface area contributed by atoms with Crippen LogP contribution >= 0.6 is 0 Å². The van der Waals surface area contributed by atoms with E-state index < -0.39 is 6.10 Å². The maximum atomic E-state index is 13.0. The lowest BCUT2D eigenvalue weighted by atomic mass is 10.1. The predicted octanol–water partition coefficient (Wildman–Crippen LogP) is 4.11. The Morgan fingerprint density at radius 3 is 2.04 bits per heavy atom. The van der Waals surface area contributed by atoms with Gasteiger partial charge in [-0.2, -0.15) is 0 Å². The van der Waals surface area contributed by atoms with Gasteiger partial charge in [-0.15, -0.1) is 0 Å². The molecule has 3 rings (SSSR count). The molecule has 0 amide bonds. The quantitative estimate of drug-likeness (QED) is 0.857. The third kappa shape index (κ3) is 5.55. The predicted molar refractivity (Wildman–Crippen MR) is 98.2 cm³/mol. The molecule has 4 heteroatoms. The number of hydrogen-bond acceptors (Lipinski definition) is 3. The van der Waals surface area contributed by atoms with E-state index in [-0.39, 0.29) is 5.82 Å². The molecule has 1 heterocycles. The summed E-state index contributed by atoms with van der Waals surface area (Å²) >= 11 is 0. The summed E-state index contributed by atoms with van der Waals surface area (Å²) in [5, 5.41) is 10.2. The van der Waals surface area contributed by atoms with E-state index in [1.54, 1.807) is 12.1 Å². The van der Waals surface area contributed by atoms with Gasteiger partial charge in [-0.05, 0) is 61.3 Å². The van der Waals surface area contributed by atoms with E-state index in [4.69, 9.17) is 4.74 Å². The average Bonchev–Trinajstić information content (AvgIpc) is 2.90. The number of likely N-dealkylation sites (tertiary alicyclic amines) is 1. The lowest BCUT2D eigenvalue weighted by Crippen LogP contribution is -2.36. The van der Waals surface area contributed by atoms with Crippen molar-refractivity contribution in [2.75, 3.05) is 26.2 Å². The summed E-state index contributed by atoms with van der Waals surface area (Å²) in [6, 6.07) is 14.1. The molecule has 1 atom stereocenters. The number of benzene rings is 2. The smallest absolute Gasteiger partial charge is 0.123 e. The van der Waals surface area contributed by atoms with Crippen molar-refractivity contribution < 1.29 is 14.2 Å². The highest BCUT2D eigenvalue weighted by molar-refractivity contribution is 5.63. The molecule has 3 nitrogen and oxygen atoms in total. The second-order valence-electron chi connectivity index (χ2n) is 6.71. The lowest BCUT2D eigenvalue weighted by Gasteiger charge is -2.23. The second kappa shape index (κ2) is 8.97. The van der Waals surface area contributed by atoms with Crippen LogP contribution in [0.15, 0.2) is 48.5 Å². The SMILES string of the molecule is OC(COc1ccc(-c2ccc(F)cc2)cc1)CN1CCCCCC1. The Balaban J connectivity index is 1.48. The molecular formula is C21H26FNO2. The van der Waals surface area contributed by atoms with Gasteiger partial charge in [-0.3, -0.25) is 0 Å². The topological polar surface area (TPSA) is 32.7 Å². The molecule has 2 aromatic rings. The van der Waals surface area contributed by atoms with E-state index in [1.807, 2.05) is 24.3 Å². The Kier molecular flexibility index (Phi) is 6.42. The zero-order valence-electron chi connectivity index (χ0n) is 14.5. The highest BCUT2D eigenvalue weighted by Crippen LogP contribution is 2.22. The van der Waals surface area contributed by atoms with Crippen LogP contribution in [0.3, 0.4) is 0 Å². The van der Waals surface area contributed by atoms with Gasteiger partial charge in [-0.1, -0.05) is 37.1 Å². The summed E-state index contributed by atoms with van der Waals surface area (Å²) in [6.07, 6.45) is 4.55. The third-order valence-corrected chi connectivity index (χ3v) is 4.64. The minimum absolute atomic E-state index is 0.234. The largest absolute Gasteiger partial charge is 0.491 e. The van der Waals surface area contributed by atoms with E-state index in [2.05, 4.69) is 4.90 Å². The van der Waals surface area contributed by atoms with E-state index in [0.717, 1.165) is 30.0 Å². The fourth-order valence-corrected chi connectivity index (χ4v) is 3.25. The fourth-order valence-electron chi connectivity index (χ4n) is 3.25. The first kappa shape index (κ1) is 17.9. The Morgan fingerprint density at radius 2 is 1.44 bits per heavy atom. The molecule has 0 aromatic heterocycles. The van der Waals surface area contributed by atoms with Gasteiger partial charge in [-0.25, -0.2) is 4.39 Å². The summed E-state index contributed by atoms with van der Waals surface area (Å²) in [5.74, 6) is 0.503. The van der Waals surface area contributed by atoms with E-state index in [1.165, 1.54) is 37.8 Å². The van der Waals surface area contributed by atoms with Gasteiger partial charge in [0.25, 0.3) is 0 Å². The molecule has 1 aliphatic heterocycles. The maximum Gasteiger partial charge on any atom is 0.123 e. The van der Waals surface area contributed by atoms with Gasteiger partial charge in [0.15, 0.2) is 0 Å². The summed E-state index contributed by atoms with van der Waals surface area (Å²) < 4.78 is 18.7. The van der Waals surface area contributed by atoms with Crippen molar-refractivity contribution in [3.63, 3.8) is 0 Å². The molecule has 0 saturated carbocycles. The molecule has 1 unspecified atom stereocenters. The molecule has 0 aliphatic carbocycles. The molecule has 0 radical (unpaired) electrons. The van der Waals surface area contributed by atoms with Crippen LogP contribution in [0.1, 0.15) is 25.7 Å². The summed E-state index contributed by atoms with van der Waals surface area (Å²) in [6.45, 7) is 3.12. The maximum absolute atomic E-state index is 13.0. The van der Waals surface area contributed by atoms with Crippen molar-refractivity contribution in [2.24, 2.45) is 0 Å². The van der Waals surface area contributed by atoms with E-state index >= 15 is 0 Å². The number of β-amino-alcohol motifs (C(OH)–C–C–N with tert-alkyl or cyclic N) is 1. The van der Waals surface area contributed by atoms with Crippen LogP contribution in [0.2, 0.25) is 0 Å². The van der Waals surface area contributed by atoms with Gasteiger partial charge in [0.05, 0.1) is 0 Å². The standard InChI is InChI=1S/C21H26FNO2/c22-19-9-5-17(6-10-19)18-7-11-21(12-8-18)25-16-20(24)15-23-13-3-1-2-4-14-23/h5-12,20,24H,1-4,13-16H2. The average molecular weight is 343 g/mol.